The Labute approximate surface area is 153 Å². The number of furan rings is 1. The quantitative estimate of drug-likeness (QED) is 0.900. The lowest BCUT2D eigenvalue weighted by molar-refractivity contribution is -0.173. The number of ether oxygens (including phenoxy) is 1. The van der Waals surface area contributed by atoms with E-state index in [0.29, 0.717) is 6.54 Å². The minimum Gasteiger partial charge on any atom is -0.465 e. The molecule has 2 aromatic rings. The molecule has 140 valence electrons. The third kappa shape index (κ3) is 3.05. The first-order valence-corrected chi connectivity index (χ1v) is 9.34. The van der Waals surface area contributed by atoms with Crippen LogP contribution in [-0.4, -0.2) is 46.6 Å². The molecule has 1 atom stereocenters. The van der Waals surface area contributed by atoms with Crippen molar-refractivity contribution in [1.29, 1.82) is 0 Å². The summed E-state index contributed by atoms with van der Waals surface area (Å²) < 4.78 is 14.2. The number of rotatable bonds is 4. The zero-order chi connectivity index (χ0) is 18.1. The number of carbonyl (C=O) groups excluding carboxylic acids is 1. The van der Waals surface area contributed by atoms with Gasteiger partial charge in [0.15, 0.2) is 6.10 Å². The van der Waals surface area contributed by atoms with Crippen molar-refractivity contribution < 1.29 is 13.9 Å². The Balaban J connectivity index is 1.47. The third-order valence-corrected chi connectivity index (χ3v) is 5.50. The van der Waals surface area contributed by atoms with E-state index in [0.717, 1.165) is 56.2 Å². The Morgan fingerprint density at radius 2 is 2.12 bits per heavy atom. The number of nitrogens with one attached hydrogen (secondary N) is 1. The van der Waals surface area contributed by atoms with Gasteiger partial charge in [0.2, 0.25) is 0 Å². The van der Waals surface area contributed by atoms with Crippen molar-refractivity contribution in [3.63, 3.8) is 0 Å². The summed E-state index contributed by atoms with van der Waals surface area (Å²) in [6.45, 7) is 5.19. The average Bonchev–Trinajstić information content (AvgIpc) is 3.32. The van der Waals surface area contributed by atoms with E-state index < -0.39 is 11.7 Å². The molecule has 0 aromatic carbocycles. The molecule has 0 bridgehead atoms. The predicted molar refractivity (Wildman–Crippen MR) is 95.4 cm³/mol. The van der Waals surface area contributed by atoms with Gasteiger partial charge in [-0.15, -0.1) is 0 Å². The fraction of sp³-hybridized carbons (Fsp3) is 0.579. The van der Waals surface area contributed by atoms with E-state index in [1.165, 1.54) is 0 Å². The zero-order valence-electron chi connectivity index (χ0n) is 15.4. The molecule has 2 aliphatic rings. The van der Waals surface area contributed by atoms with Crippen molar-refractivity contribution in [3.05, 3.63) is 41.9 Å². The van der Waals surface area contributed by atoms with Gasteiger partial charge in [0.25, 0.3) is 5.91 Å². The lowest BCUT2D eigenvalue weighted by atomic mass is 9.88. The van der Waals surface area contributed by atoms with E-state index in [9.17, 15) is 4.79 Å². The first-order chi connectivity index (χ1) is 12.6. The van der Waals surface area contributed by atoms with Crippen LogP contribution in [0, 0.1) is 0 Å². The predicted octanol–water partition coefficient (Wildman–Crippen LogP) is 1.67. The summed E-state index contributed by atoms with van der Waals surface area (Å²) >= 11 is 0. The van der Waals surface area contributed by atoms with Gasteiger partial charge in [0.05, 0.1) is 13.1 Å². The van der Waals surface area contributed by atoms with Crippen LogP contribution in [0.1, 0.15) is 37.1 Å². The number of hydrogen-bond acceptors (Lipinski definition) is 5. The maximum atomic E-state index is 12.2. The zero-order valence-corrected chi connectivity index (χ0v) is 15.4. The number of likely N-dealkylation sites (tertiary alicyclic amines) is 1. The van der Waals surface area contributed by atoms with E-state index in [-0.39, 0.29) is 5.91 Å². The highest BCUT2D eigenvalue weighted by Crippen LogP contribution is 2.40. The molecular weight excluding hydrogens is 332 g/mol. The van der Waals surface area contributed by atoms with Crippen molar-refractivity contribution >= 4 is 5.91 Å². The molecule has 1 amide bonds. The molecule has 0 radical (unpaired) electrons. The Kier molecular flexibility index (Phi) is 4.58. The molecule has 1 N–H and O–H groups in total. The summed E-state index contributed by atoms with van der Waals surface area (Å²) in [5.74, 6) is 2.91. The van der Waals surface area contributed by atoms with Gasteiger partial charge >= 0.3 is 0 Å². The molecule has 0 aliphatic carbocycles. The molecule has 2 aliphatic heterocycles. The van der Waals surface area contributed by atoms with Crippen molar-refractivity contribution in [1.82, 2.24) is 19.8 Å². The van der Waals surface area contributed by atoms with Gasteiger partial charge in [-0.25, -0.2) is 4.98 Å². The fourth-order valence-electron chi connectivity index (χ4n) is 4.03. The lowest BCUT2D eigenvalue weighted by Gasteiger charge is -2.45. The second kappa shape index (κ2) is 6.89. The number of aryl methyl sites for hydroxylation is 1. The molecule has 1 saturated heterocycles. The van der Waals surface area contributed by atoms with E-state index in [2.05, 4.69) is 38.8 Å². The topological polar surface area (TPSA) is 72.5 Å². The second-order valence-electron chi connectivity index (χ2n) is 7.12. The van der Waals surface area contributed by atoms with Crippen LogP contribution in [0.25, 0.3) is 0 Å². The van der Waals surface area contributed by atoms with Crippen LogP contribution >= 0.6 is 0 Å². The lowest BCUT2D eigenvalue weighted by Crippen LogP contribution is -2.53. The number of aromatic nitrogens is 2. The Morgan fingerprint density at radius 1 is 1.35 bits per heavy atom. The molecule has 1 fully saturated rings. The number of nitrogens with zero attached hydrogens (tertiary/aromatic N) is 3. The highest BCUT2D eigenvalue weighted by Gasteiger charge is 2.46. The number of hydrogen-bond donors (Lipinski definition) is 1. The van der Waals surface area contributed by atoms with Gasteiger partial charge in [-0.1, -0.05) is 6.92 Å². The van der Waals surface area contributed by atoms with Crippen molar-refractivity contribution in [2.24, 2.45) is 0 Å². The molecule has 7 nitrogen and oxygen atoms in total. The highest BCUT2D eigenvalue weighted by molar-refractivity contribution is 5.80. The number of piperidine rings is 1. The molecule has 7 heteroatoms. The SMILES string of the molecule is CCc1ccc(CN2CCC3(CC2)OC(C(=O)NC)Cn2ccnc23)o1. The molecule has 0 saturated carbocycles. The summed E-state index contributed by atoms with van der Waals surface area (Å²) in [5, 5.41) is 2.71. The third-order valence-electron chi connectivity index (χ3n) is 5.50. The van der Waals surface area contributed by atoms with Gasteiger partial charge in [-0.2, -0.15) is 0 Å². The summed E-state index contributed by atoms with van der Waals surface area (Å²) in [7, 11) is 1.65. The van der Waals surface area contributed by atoms with Crippen LogP contribution in [0.2, 0.25) is 0 Å². The van der Waals surface area contributed by atoms with Crippen molar-refractivity contribution in [2.75, 3.05) is 20.1 Å². The van der Waals surface area contributed by atoms with Crippen molar-refractivity contribution in [3.8, 4) is 0 Å². The molecule has 1 spiro atoms. The molecule has 4 heterocycles. The second-order valence-corrected chi connectivity index (χ2v) is 7.12. The molecular formula is C19H26N4O3. The van der Waals surface area contributed by atoms with Gasteiger partial charge in [0.1, 0.15) is 22.9 Å². The first kappa shape index (κ1) is 17.3. The largest absolute Gasteiger partial charge is 0.465 e. The average molecular weight is 358 g/mol. The molecule has 1 unspecified atom stereocenters. The normalized spacial score (nSPS) is 22.3. The number of fused-ring (bicyclic) bond motifs is 2. The van der Waals surface area contributed by atoms with Gasteiger partial charge in [0, 0.05) is 39.0 Å². The van der Waals surface area contributed by atoms with Crippen LogP contribution < -0.4 is 5.32 Å². The number of carbonyl (C=O) groups is 1. The van der Waals surface area contributed by atoms with E-state index in [4.69, 9.17) is 9.15 Å². The fourth-order valence-corrected chi connectivity index (χ4v) is 4.03. The van der Waals surface area contributed by atoms with Crippen LogP contribution in [0.3, 0.4) is 0 Å². The van der Waals surface area contributed by atoms with Crippen LogP contribution in [0.15, 0.2) is 28.9 Å². The standard InChI is InChI=1S/C19H26N4O3/c1-3-14-4-5-15(25-14)12-22-9-6-19(7-10-22)18-21-8-11-23(18)13-16(26-19)17(24)20-2/h4-5,8,11,16H,3,6-7,9-10,12-13H2,1-2H3,(H,20,24). The minimum atomic E-state index is -0.479. The first-order valence-electron chi connectivity index (χ1n) is 9.34. The van der Waals surface area contributed by atoms with Gasteiger partial charge in [-0.3, -0.25) is 9.69 Å². The maximum absolute atomic E-state index is 12.2. The number of amides is 1. The molecule has 2 aromatic heterocycles. The molecule has 4 rings (SSSR count). The van der Waals surface area contributed by atoms with Crippen LogP contribution in [0.4, 0.5) is 0 Å². The smallest absolute Gasteiger partial charge is 0.250 e. The summed E-state index contributed by atoms with van der Waals surface area (Å²) in [5.41, 5.74) is -0.479. The Morgan fingerprint density at radius 3 is 2.81 bits per heavy atom. The minimum absolute atomic E-state index is 0.0752. The summed E-state index contributed by atoms with van der Waals surface area (Å²) in [4.78, 5) is 19.1. The summed E-state index contributed by atoms with van der Waals surface area (Å²) in [6, 6.07) is 4.12. The molecule has 26 heavy (non-hydrogen) atoms. The Bertz CT molecular complexity index is 773. The van der Waals surface area contributed by atoms with Gasteiger partial charge < -0.3 is 19.0 Å². The van der Waals surface area contributed by atoms with E-state index in [1.807, 2.05) is 6.20 Å². The van der Waals surface area contributed by atoms with Crippen LogP contribution in [-0.2, 0) is 34.6 Å². The van der Waals surface area contributed by atoms with Gasteiger partial charge in [-0.05, 0) is 25.0 Å². The number of likely N-dealkylation sites (N-methyl/N-ethyl adjacent to an activating group) is 1. The van der Waals surface area contributed by atoms with Crippen molar-refractivity contribution in [2.45, 2.75) is 51.0 Å². The monoisotopic (exact) mass is 358 g/mol. The van der Waals surface area contributed by atoms with Crippen LogP contribution in [0.5, 0.6) is 0 Å². The Hall–Kier alpha value is -2.12. The maximum Gasteiger partial charge on any atom is 0.250 e. The number of imidazole rings is 1. The van der Waals surface area contributed by atoms with E-state index >= 15 is 0 Å². The highest BCUT2D eigenvalue weighted by atomic mass is 16.5. The summed E-state index contributed by atoms with van der Waals surface area (Å²) in [6.07, 6.45) is 5.83. The van der Waals surface area contributed by atoms with E-state index in [1.54, 1.807) is 13.2 Å².